The van der Waals surface area contributed by atoms with E-state index in [0.717, 1.165) is 6.26 Å². The number of benzene rings is 1. The highest BCUT2D eigenvalue weighted by atomic mass is 32.2. The number of aliphatic hydroxyl groups is 1. The van der Waals surface area contributed by atoms with Crippen LogP contribution in [0.1, 0.15) is 5.56 Å². The number of rotatable bonds is 5. The Labute approximate surface area is 98.6 Å². The number of aliphatic hydroxyl groups excluding tert-OH is 1. The van der Waals surface area contributed by atoms with Crippen molar-refractivity contribution in [2.24, 2.45) is 0 Å². The van der Waals surface area contributed by atoms with Gasteiger partial charge in [0.05, 0.1) is 12.4 Å². The zero-order valence-corrected chi connectivity index (χ0v) is 10.4. The van der Waals surface area contributed by atoms with Gasteiger partial charge in [-0.25, -0.2) is 12.8 Å². The SMILES string of the molecule is CS(=O)(=O)CCSc1cccc(F)c1CO. The van der Waals surface area contributed by atoms with Gasteiger partial charge in [0.25, 0.3) is 0 Å². The first-order valence-electron chi connectivity index (χ1n) is 4.63. The smallest absolute Gasteiger partial charge is 0.148 e. The third kappa shape index (κ3) is 4.11. The molecule has 0 aliphatic heterocycles. The molecule has 3 nitrogen and oxygen atoms in total. The molecule has 0 bridgehead atoms. The molecule has 0 unspecified atom stereocenters. The third-order valence-electron chi connectivity index (χ3n) is 1.95. The first-order valence-corrected chi connectivity index (χ1v) is 7.67. The summed E-state index contributed by atoms with van der Waals surface area (Å²) >= 11 is 1.23. The van der Waals surface area contributed by atoms with Gasteiger partial charge in [-0.05, 0) is 12.1 Å². The van der Waals surface area contributed by atoms with Crippen LogP contribution in [0.5, 0.6) is 0 Å². The predicted octanol–water partition coefficient (Wildman–Crippen LogP) is 1.45. The molecule has 0 fully saturated rings. The molecule has 16 heavy (non-hydrogen) atoms. The second kappa shape index (κ2) is 5.65. The second-order valence-corrected chi connectivity index (χ2v) is 6.75. The lowest BCUT2D eigenvalue weighted by atomic mass is 10.2. The van der Waals surface area contributed by atoms with Gasteiger partial charge < -0.3 is 5.11 Å². The normalized spacial score (nSPS) is 11.7. The Kier molecular flexibility index (Phi) is 4.76. The number of sulfone groups is 1. The maximum atomic E-state index is 13.2. The molecule has 1 aromatic carbocycles. The van der Waals surface area contributed by atoms with Crippen LogP contribution in [0.25, 0.3) is 0 Å². The monoisotopic (exact) mass is 264 g/mol. The van der Waals surface area contributed by atoms with Crippen molar-refractivity contribution < 1.29 is 17.9 Å². The van der Waals surface area contributed by atoms with Gasteiger partial charge in [0.1, 0.15) is 15.7 Å². The molecule has 0 aliphatic rings. The Morgan fingerprint density at radius 1 is 1.44 bits per heavy atom. The van der Waals surface area contributed by atoms with E-state index < -0.39 is 15.7 Å². The lowest BCUT2D eigenvalue weighted by Crippen LogP contribution is -2.05. The summed E-state index contributed by atoms with van der Waals surface area (Å²) in [6.45, 7) is -0.381. The van der Waals surface area contributed by atoms with Crippen molar-refractivity contribution in [3.63, 3.8) is 0 Å². The Hall–Kier alpha value is -0.590. The zero-order valence-electron chi connectivity index (χ0n) is 8.81. The molecule has 90 valence electrons. The van der Waals surface area contributed by atoms with Crippen molar-refractivity contribution in [1.82, 2.24) is 0 Å². The lowest BCUT2D eigenvalue weighted by Gasteiger charge is -2.07. The zero-order chi connectivity index (χ0) is 12.2. The average molecular weight is 264 g/mol. The van der Waals surface area contributed by atoms with Gasteiger partial charge >= 0.3 is 0 Å². The number of hydrogen-bond acceptors (Lipinski definition) is 4. The van der Waals surface area contributed by atoms with E-state index in [4.69, 9.17) is 5.11 Å². The summed E-state index contributed by atoms with van der Waals surface area (Å²) in [7, 11) is -3.00. The van der Waals surface area contributed by atoms with Crippen molar-refractivity contribution in [2.45, 2.75) is 11.5 Å². The van der Waals surface area contributed by atoms with Crippen LogP contribution in [0.2, 0.25) is 0 Å². The largest absolute Gasteiger partial charge is 0.392 e. The van der Waals surface area contributed by atoms with E-state index in [1.54, 1.807) is 6.07 Å². The average Bonchev–Trinajstić information content (AvgIpc) is 2.16. The number of hydrogen-bond donors (Lipinski definition) is 1. The highest BCUT2D eigenvalue weighted by Gasteiger charge is 2.09. The van der Waals surface area contributed by atoms with Crippen LogP contribution in [0.3, 0.4) is 0 Å². The molecule has 1 aromatic rings. The van der Waals surface area contributed by atoms with Crippen molar-refractivity contribution in [3.8, 4) is 0 Å². The van der Waals surface area contributed by atoms with E-state index in [-0.39, 0.29) is 17.9 Å². The van der Waals surface area contributed by atoms with E-state index in [2.05, 4.69) is 0 Å². The Bertz CT molecular complexity index is 457. The minimum Gasteiger partial charge on any atom is -0.392 e. The molecule has 0 heterocycles. The summed E-state index contributed by atoms with van der Waals surface area (Å²) in [5, 5.41) is 8.99. The quantitative estimate of drug-likeness (QED) is 0.818. The number of halogens is 1. The minimum absolute atomic E-state index is 0.0407. The fraction of sp³-hybridized carbons (Fsp3) is 0.400. The molecule has 0 aliphatic carbocycles. The molecule has 0 amide bonds. The number of thioether (sulfide) groups is 1. The summed E-state index contributed by atoms with van der Waals surface area (Å²) in [4.78, 5) is 0.589. The van der Waals surface area contributed by atoms with E-state index in [0.29, 0.717) is 10.6 Å². The highest BCUT2D eigenvalue weighted by molar-refractivity contribution is 8.00. The van der Waals surface area contributed by atoms with E-state index in [1.165, 1.54) is 23.9 Å². The molecule has 6 heteroatoms. The van der Waals surface area contributed by atoms with Crippen molar-refractivity contribution in [1.29, 1.82) is 0 Å². The van der Waals surface area contributed by atoms with E-state index in [1.807, 2.05) is 0 Å². The van der Waals surface area contributed by atoms with E-state index >= 15 is 0 Å². The molecule has 0 atom stereocenters. The first-order chi connectivity index (χ1) is 7.44. The fourth-order valence-electron chi connectivity index (χ4n) is 1.13. The van der Waals surface area contributed by atoms with Crippen molar-refractivity contribution in [2.75, 3.05) is 17.8 Å². The molecule has 1 rings (SSSR count). The Morgan fingerprint density at radius 3 is 2.69 bits per heavy atom. The van der Waals surface area contributed by atoms with Crippen molar-refractivity contribution >= 4 is 21.6 Å². The van der Waals surface area contributed by atoms with E-state index in [9.17, 15) is 12.8 Å². The van der Waals surface area contributed by atoms with Gasteiger partial charge in [-0.1, -0.05) is 6.07 Å². The standard InChI is InChI=1S/C10H13FO3S2/c1-16(13,14)6-5-15-10-4-2-3-9(11)8(10)7-12/h2-4,12H,5-7H2,1H3. The van der Waals surface area contributed by atoms with Gasteiger partial charge in [-0.15, -0.1) is 11.8 Å². The van der Waals surface area contributed by atoms with Crippen LogP contribution in [0, 0.1) is 5.82 Å². The lowest BCUT2D eigenvalue weighted by molar-refractivity contribution is 0.272. The molecule has 0 radical (unpaired) electrons. The maximum absolute atomic E-state index is 13.2. The molecule has 0 saturated heterocycles. The van der Waals surface area contributed by atoms with Crippen LogP contribution in [-0.4, -0.2) is 31.3 Å². The minimum atomic E-state index is -3.00. The highest BCUT2D eigenvalue weighted by Crippen LogP contribution is 2.24. The van der Waals surface area contributed by atoms with Gasteiger partial charge in [0.15, 0.2) is 0 Å². The third-order valence-corrected chi connectivity index (χ3v) is 4.25. The van der Waals surface area contributed by atoms with Gasteiger partial charge in [-0.3, -0.25) is 0 Å². The summed E-state index contributed by atoms with van der Waals surface area (Å²) < 4.78 is 35.0. The summed E-state index contributed by atoms with van der Waals surface area (Å²) in [6.07, 6.45) is 1.16. The van der Waals surface area contributed by atoms with Crippen LogP contribution in [0.15, 0.2) is 23.1 Å². The van der Waals surface area contributed by atoms with Gasteiger partial charge in [0, 0.05) is 22.5 Å². The molecular formula is C10H13FO3S2. The van der Waals surface area contributed by atoms with Gasteiger partial charge in [0.2, 0.25) is 0 Å². The predicted molar refractivity (Wildman–Crippen MR) is 62.8 cm³/mol. The van der Waals surface area contributed by atoms with Crippen LogP contribution >= 0.6 is 11.8 Å². The molecule has 0 spiro atoms. The topological polar surface area (TPSA) is 54.4 Å². The summed E-state index contributed by atoms with van der Waals surface area (Å²) in [5.41, 5.74) is 0.223. The van der Waals surface area contributed by atoms with Crippen LogP contribution in [0.4, 0.5) is 4.39 Å². The van der Waals surface area contributed by atoms with Crippen LogP contribution < -0.4 is 0 Å². The van der Waals surface area contributed by atoms with Crippen molar-refractivity contribution in [3.05, 3.63) is 29.6 Å². The molecule has 1 N–H and O–H groups in total. The van der Waals surface area contributed by atoms with Gasteiger partial charge in [-0.2, -0.15) is 0 Å². The molecule has 0 saturated carbocycles. The maximum Gasteiger partial charge on any atom is 0.148 e. The summed E-state index contributed by atoms with van der Waals surface area (Å²) in [6, 6.07) is 4.48. The first kappa shape index (κ1) is 13.5. The Morgan fingerprint density at radius 2 is 2.12 bits per heavy atom. The summed E-state index contributed by atoms with van der Waals surface area (Å²) in [5.74, 6) is -0.0687. The Balaban J connectivity index is 2.71. The second-order valence-electron chi connectivity index (χ2n) is 3.35. The molecular weight excluding hydrogens is 251 g/mol. The molecule has 0 aromatic heterocycles. The van der Waals surface area contributed by atoms with Crippen LogP contribution in [-0.2, 0) is 16.4 Å². The fourth-order valence-corrected chi connectivity index (χ4v) is 3.41.